The van der Waals surface area contributed by atoms with Crippen LogP contribution in [0.3, 0.4) is 0 Å². The molecule has 2 heteroatoms. The molecule has 0 amide bonds. The van der Waals surface area contributed by atoms with Gasteiger partial charge in [-0.1, -0.05) is 19.3 Å². The van der Waals surface area contributed by atoms with Crippen LogP contribution in [0.25, 0.3) is 0 Å². The Labute approximate surface area is 74.2 Å². The first-order valence-electron chi connectivity index (χ1n) is 5.18. The van der Waals surface area contributed by atoms with Crippen LogP contribution in [-0.2, 0) is 9.47 Å². The number of hydrogen-bond donors (Lipinski definition) is 0. The van der Waals surface area contributed by atoms with E-state index in [1.54, 1.807) is 0 Å². The molecule has 12 heavy (non-hydrogen) atoms. The molecule has 1 aliphatic carbocycles. The van der Waals surface area contributed by atoms with Gasteiger partial charge in [-0.15, -0.1) is 0 Å². The number of ether oxygens (including phenoxy) is 2. The van der Waals surface area contributed by atoms with E-state index in [0.29, 0.717) is 12.2 Å². The summed E-state index contributed by atoms with van der Waals surface area (Å²) >= 11 is 0. The first kappa shape index (κ1) is 8.52. The molecule has 2 fully saturated rings. The maximum atomic E-state index is 5.76. The summed E-state index contributed by atoms with van der Waals surface area (Å²) in [5.74, 6) is 0. The van der Waals surface area contributed by atoms with Crippen molar-refractivity contribution in [1.29, 1.82) is 0 Å². The first-order chi connectivity index (χ1) is 5.95. The minimum atomic E-state index is 0.423. The molecule has 1 heterocycles. The summed E-state index contributed by atoms with van der Waals surface area (Å²) in [7, 11) is 0. The fourth-order valence-corrected chi connectivity index (χ4v) is 1.89. The molecule has 2 nitrogen and oxygen atoms in total. The Hall–Kier alpha value is -0.0800. The van der Waals surface area contributed by atoms with Gasteiger partial charge in [-0.25, -0.2) is 0 Å². The highest BCUT2D eigenvalue weighted by atomic mass is 16.5. The van der Waals surface area contributed by atoms with Gasteiger partial charge in [0.25, 0.3) is 0 Å². The van der Waals surface area contributed by atoms with Gasteiger partial charge in [0.15, 0.2) is 0 Å². The SMILES string of the molecule is C1CCC(OCC2CCO2)CC1. The highest BCUT2D eigenvalue weighted by Gasteiger charge is 2.21. The molecule has 0 aromatic carbocycles. The van der Waals surface area contributed by atoms with E-state index in [1.807, 2.05) is 0 Å². The highest BCUT2D eigenvalue weighted by Crippen LogP contribution is 2.21. The molecule has 0 radical (unpaired) electrons. The van der Waals surface area contributed by atoms with Crippen LogP contribution < -0.4 is 0 Å². The summed E-state index contributed by atoms with van der Waals surface area (Å²) in [4.78, 5) is 0. The number of hydrogen-bond acceptors (Lipinski definition) is 2. The topological polar surface area (TPSA) is 18.5 Å². The van der Waals surface area contributed by atoms with Gasteiger partial charge in [0.05, 0.1) is 18.8 Å². The van der Waals surface area contributed by atoms with E-state index in [0.717, 1.165) is 13.2 Å². The van der Waals surface area contributed by atoms with Gasteiger partial charge in [0.1, 0.15) is 0 Å². The predicted molar refractivity (Wildman–Crippen MR) is 47.2 cm³/mol. The fourth-order valence-electron chi connectivity index (χ4n) is 1.89. The van der Waals surface area contributed by atoms with Crippen LogP contribution >= 0.6 is 0 Å². The Balaban J connectivity index is 1.58. The van der Waals surface area contributed by atoms with Crippen molar-refractivity contribution in [2.45, 2.75) is 50.7 Å². The second-order valence-corrected chi connectivity index (χ2v) is 3.87. The molecule has 0 aromatic rings. The van der Waals surface area contributed by atoms with Crippen molar-refractivity contribution in [1.82, 2.24) is 0 Å². The van der Waals surface area contributed by atoms with Gasteiger partial charge in [0.2, 0.25) is 0 Å². The van der Waals surface area contributed by atoms with Crippen LogP contribution in [0.15, 0.2) is 0 Å². The van der Waals surface area contributed by atoms with Crippen molar-refractivity contribution in [2.75, 3.05) is 13.2 Å². The van der Waals surface area contributed by atoms with Crippen molar-refractivity contribution in [3.8, 4) is 0 Å². The van der Waals surface area contributed by atoms with Crippen LogP contribution in [0.5, 0.6) is 0 Å². The van der Waals surface area contributed by atoms with Gasteiger partial charge in [-0.2, -0.15) is 0 Å². The van der Waals surface area contributed by atoms with E-state index < -0.39 is 0 Å². The van der Waals surface area contributed by atoms with Crippen molar-refractivity contribution < 1.29 is 9.47 Å². The van der Waals surface area contributed by atoms with E-state index in [-0.39, 0.29) is 0 Å². The molecule has 1 aliphatic heterocycles. The quantitative estimate of drug-likeness (QED) is 0.646. The van der Waals surface area contributed by atoms with E-state index in [2.05, 4.69) is 0 Å². The standard InChI is InChI=1S/C10H18O2/c1-2-4-9(5-3-1)12-8-10-6-7-11-10/h9-10H,1-8H2. The van der Waals surface area contributed by atoms with Crippen LogP contribution in [0.2, 0.25) is 0 Å². The lowest BCUT2D eigenvalue weighted by molar-refractivity contribution is -0.113. The van der Waals surface area contributed by atoms with Crippen LogP contribution in [0.1, 0.15) is 38.5 Å². The lowest BCUT2D eigenvalue weighted by Crippen LogP contribution is -2.33. The monoisotopic (exact) mass is 170 g/mol. The van der Waals surface area contributed by atoms with E-state index in [1.165, 1.54) is 38.5 Å². The second kappa shape index (κ2) is 4.24. The van der Waals surface area contributed by atoms with Crippen LogP contribution in [-0.4, -0.2) is 25.4 Å². The lowest BCUT2D eigenvalue weighted by atomic mass is 9.98. The molecule has 2 rings (SSSR count). The zero-order chi connectivity index (χ0) is 8.23. The summed E-state index contributed by atoms with van der Waals surface area (Å²) in [6.45, 7) is 1.78. The average molecular weight is 170 g/mol. The summed E-state index contributed by atoms with van der Waals surface area (Å²) in [5, 5.41) is 0. The Morgan fingerprint density at radius 3 is 2.42 bits per heavy atom. The maximum Gasteiger partial charge on any atom is 0.0830 e. The molecular formula is C10H18O2. The second-order valence-electron chi connectivity index (χ2n) is 3.87. The van der Waals surface area contributed by atoms with E-state index in [4.69, 9.17) is 9.47 Å². The maximum absolute atomic E-state index is 5.76. The molecule has 0 N–H and O–H groups in total. The zero-order valence-corrected chi connectivity index (χ0v) is 7.63. The third-order valence-corrected chi connectivity index (χ3v) is 2.86. The molecule has 1 atom stereocenters. The van der Waals surface area contributed by atoms with Gasteiger partial charge >= 0.3 is 0 Å². The third-order valence-electron chi connectivity index (χ3n) is 2.86. The van der Waals surface area contributed by atoms with Gasteiger partial charge in [0, 0.05) is 6.61 Å². The van der Waals surface area contributed by atoms with Crippen molar-refractivity contribution in [3.05, 3.63) is 0 Å². The molecule has 1 unspecified atom stereocenters. The van der Waals surface area contributed by atoms with Gasteiger partial charge in [-0.05, 0) is 19.3 Å². The largest absolute Gasteiger partial charge is 0.376 e. The fraction of sp³-hybridized carbons (Fsp3) is 1.00. The Morgan fingerprint density at radius 2 is 1.83 bits per heavy atom. The summed E-state index contributed by atoms with van der Waals surface area (Å²) in [6, 6.07) is 0. The Kier molecular flexibility index (Phi) is 3.01. The summed E-state index contributed by atoms with van der Waals surface area (Å²) in [6.07, 6.45) is 8.83. The third kappa shape index (κ3) is 2.20. The summed E-state index contributed by atoms with van der Waals surface area (Å²) < 4.78 is 11.1. The Morgan fingerprint density at radius 1 is 1.08 bits per heavy atom. The Bertz CT molecular complexity index is 126. The van der Waals surface area contributed by atoms with Crippen LogP contribution in [0.4, 0.5) is 0 Å². The lowest BCUT2D eigenvalue weighted by Gasteiger charge is -2.29. The van der Waals surface area contributed by atoms with Crippen molar-refractivity contribution >= 4 is 0 Å². The molecule has 70 valence electrons. The first-order valence-corrected chi connectivity index (χ1v) is 5.18. The van der Waals surface area contributed by atoms with E-state index in [9.17, 15) is 0 Å². The minimum Gasteiger partial charge on any atom is -0.376 e. The minimum absolute atomic E-state index is 0.423. The van der Waals surface area contributed by atoms with Crippen LogP contribution in [0, 0.1) is 0 Å². The highest BCUT2D eigenvalue weighted by molar-refractivity contribution is 4.69. The van der Waals surface area contributed by atoms with Gasteiger partial charge in [-0.3, -0.25) is 0 Å². The molecule has 2 aliphatic rings. The summed E-state index contributed by atoms with van der Waals surface area (Å²) in [5.41, 5.74) is 0. The smallest absolute Gasteiger partial charge is 0.0830 e. The van der Waals surface area contributed by atoms with Gasteiger partial charge < -0.3 is 9.47 Å². The van der Waals surface area contributed by atoms with E-state index >= 15 is 0 Å². The molecular weight excluding hydrogens is 152 g/mol. The average Bonchev–Trinajstić information content (AvgIpc) is 2.04. The normalized spacial score (nSPS) is 31.5. The molecule has 1 saturated carbocycles. The molecule has 0 bridgehead atoms. The predicted octanol–water partition coefficient (Wildman–Crippen LogP) is 2.12. The molecule has 0 aromatic heterocycles. The molecule has 0 spiro atoms. The number of rotatable bonds is 3. The van der Waals surface area contributed by atoms with Crippen molar-refractivity contribution in [3.63, 3.8) is 0 Å². The molecule has 1 saturated heterocycles. The van der Waals surface area contributed by atoms with Crippen molar-refractivity contribution in [2.24, 2.45) is 0 Å². The zero-order valence-electron chi connectivity index (χ0n) is 7.63.